The minimum absolute atomic E-state index is 0.728. The van der Waals surface area contributed by atoms with Gasteiger partial charge in [-0.15, -0.1) is 11.3 Å². The lowest BCUT2D eigenvalue weighted by molar-refractivity contribution is 0.404. The molecule has 0 amide bonds. The van der Waals surface area contributed by atoms with Gasteiger partial charge in [0, 0.05) is 18.3 Å². The molecule has 0 spiro atoms. The second-order valence-electron chi connectivity index (χ2n) is 5.92. The molecule has 2 aromatic carbocycles. The number of benzene rings is 2. The first-order valence-corrected chi connectivity index (χ1v) is 9.56. The van der Waals surface area contributed by atoms with E-state index in [2.05, 4.69) is 16.4 Å². The summed E-state index contributed by atoms with van der Waals surface area (Å²) in [4.78, 5) is 5.60. The average Bonchev–Trinajstić information content (AvgIpc) is 3.19. The van der Waals surface area contributed by atoms with Gasteiger partial charge in [0.15, 0.2) is 0 Å². The molecule has 5 nitrogen and oxygen atoms in total. The molecule has 27 heavy (non-hydrogen) atoms. The van der Waals surface area contributed by atoms with Gasteiger partial charge in [0.05, 0.1) is 26.2 Å². The monoisotopic (exact) mass is 384 g/mol. The van der Waals surface area contributed by atoms with Crippen LogP contribution < -0.4 is 19.5 Å². The summed E-state index contributed by atoms with van der Waals surface area (Å²) in [5, 5.41) is 4.49. The van der Waals surface area contributed by atoms with Gasteiger partial charge in [-0.2, -0.15) is 0 Å². The van der Waals surface area contributed by atoms with E-state index < -0.39 is 0 Å². The molecule has 3 aromatic rings. The van der Waals surface area contributed by atoms with Crippen LogP contribution in [0.15, 0.2) is 48.7 Å². The van der Waals surface area contributed by atoms with Crippen LogP contribution in [0, 0.1) is 0 Å². The second-order valence-corrected chi connectivity index (χ2v) is 7.04. The Morgan fingerprint density at radius 2 is 1.78 bits per heavy atom. The topological polar surface area (TPSA) is 52.6 Å². The van der Waals surface area contributed by atoms with Crippen molar-refractivity contribution in [1.29, 1.82) is 0 Å². The Morgan fingerprint density at radius 1 is 0.963 bits per heavy atom. The van der Waals surface area contributed by atoms with Crippen LogP contribution in [0.2, 0.25) is 0 Å². The molecule has 0 aliphatic rings. The average molecular weight is 385 g/mol. The maximum absolute atomic E-state index is 5.47. The van der Waals surface area contributed by atoms with Crippen molar-refractivity contribution in [3.05, 3.63) is 59.2 Å². The zero-order valence-corrected chi connectivity index (χ0v) is 16.6. The predicted octanol–water partition coefficient (Wildman–Crippen LogP) is 4.17. The summed E-state index contributed by atoms with van der Waals surface area (Å²) in [6.45, 7) is 1.59. The number of aromatic nitrogens is 1. The van der Waals surface area contributed by atoms with Crippen LogP contribution in [0.5, 0.6) is 17.2 Å². The van der Waals surface area contributed by atoms with Gasteiger partial charge in [0.25, 0.3) is 0 Å². The van der Waals surface area contributed by atoms with Crippen molar-refractivity contribution < 1.29 is 14.2 Å². The van der Waals surface area contributed by atoms with E-state index in [9.17, 15) is 0 Å². The Labute approximate surface area is 163 Å². The molecule has 0 unspecified atom stereocenters. The molecule has 0 aliphatic carbocycles. The minimum Gasteiger partial charge on any atom is -0.497 e. The zero-order chi connectivity index (χ0) is 19.1. The first-order chi connectivity index (χ1) is 13.2. The molecule has 6 heteroatoms. The fraction of sp³-hybridized carbons (Fsp3) is 0.286. The highest BCUT2D eigenvalue weighted by molar-refractivity contribution is 7.15. The second kappa shape index (κ2) is 9.39. The third-order valence-electron chi connectivity index (χ3n) is 4.27. The normalized spacial score (nSPS) is 10.6. The number of rotatable bonds is 9. The molecule has 142 valence electrons. The van der Waals surface area contributed by atoms with Gasteiger partial charge in [0.1, 0.15) is 22.3 Å². The largest absolute Gasteiger partial charge is 0.497 e. The first kappa shape index (κ1) is 19.2. The number of hydrogen-bond donors (Lipinski definition) is 1. The number of para-hydroxylation sites is 1. The van der Waals surface area contributed by atoms with Crippen molar-refractivity contribution in [2.75, 3.05) is 27.9 Å². The zero-order valence-electron chi connectivity index (χ0n) is 15.8. The third kappa shape index (κ3) is 4.78. The molecule has 0 aliphatic heterocycles. The number of hydrogen-bond acceptors (Lipinski definition) is 6. The molecule has 1 N–H and O–H groups in total. The Kier molecular flexibility index (Phi) is 6.68. The number of ether oxygens (including phenoxy) is 3. The minimum atomic E-state index is 0.728. The van der Waals surface area contributed by atoms with E-state index in [0.29, 0.717) is 0 Å². The van der Waals surface area contributed by atoms with E-state index >= 15 is 0 Å². The van der Waals surface area contributed by atoms with Crippen molar-refractivity contribution in [2.24, 2.45) is 0 Å². The van der Waals surface area contributed by atoms with E-state index in [4.69, 9.17) is 14.2 Å². The molecule has 1 heterocycles. The van der Waals surface area contributed by atoms with Crippen molar-refractivity contribution >= 4 is 11.3 Å². The molecule has 0 radical (unpaired) electrons. The Hall–Kier alpha value is -2.57. The molecular formula is C21H24N2O3S. The molecular weight excluding hydrogens is 360 g/mol. The summed E-state index contributed by atoms with van der Waals surface area (Å²) >= 11 is 1.65. The van der Waals surface area contributed by atoms with Crippen molar-refractivity contribution in [1.82, 2.24) is 10.3 Å². The predicted molar refractivity (Wildman–Crippen MR) is 109 cm³/mol. The van der Waals surface area contributed by atoms with E-state index in [1.165, 1.54) is 5.56 Å². The SMILES string of the molecule is COc1ccc(OC)c(-c2cnc(CNCCc3ccccc3OC)s2)c1. The fourth-order valence-electron chi connectivity index (χ4n) is 2.85. The molecule has 0 atom stereocenters. The number of nitrogens with zero attached hydrogens (tertiary/aromatic N) is 1. The van der Waals surface area contributed by atoms with Gasteiger partial charge < -0.3 is 19.5 Å². The maximum atomic E-state index is 5.47. The third-order valence-corrected chi connectivity index (χ3v) is 5.30. The molecule has 3 rings (SSSR count). The van der Waals surface area contributed by atoms with Crippen LogP contribution in [0.4, 0.5) is 0 Å². The Balaban J connectivity index is 1.60. The quantitative estimate of drug-likeness (QED) is 0.561. The smallest absolute Gasteiger partial charge is 0.127 e. The van der Waals surface area contributed by atoms with Crippen LogP contribution in [0.3, 0.4) is 0 Å². The maximum Gasteiger partial charge on any atom is 0.127 e. The standard InChI is InChI=1S/C21H24N2O3S/c1-24-16-8-9-19(26-3)17(12-16)20-13-23-21(27-20)14-22-11-10-15-6-4-5-7-18(15)25-2/h4-9,12-13,22H,10-11,14H2,1-3H3. The van der Waals surface area contributed by atoms with Crippen molar-refractivity contribution in [3.63, 3.8) is 0 Å². The lowest BCUT2D eigenvalue weighted by Crippen LogP contribution is -2.16. The van der Waals surface area contributed by atoms with Gasteiger partial charge in [-0.1, -0.05) is 18.2 Å². The molecule has 0 saturated carbocycles. The fourth-order valence-corrected chi connectivity index (χ4v) is 3.76. The highest BCUT2D eigenvalue weighted by Gasteiger charge is 2.11. The van der Waals surface area contributed by atoms with E-state index in [0.717, 1.165) is 52.2 Å². The van der Waals surface area contributed by atoms with Crippen LogP contribution in [0.1, 0.15) is 10.6 Å². The van der Waals surface area contributed by atoms with E-state index in [1.807, 2.05) is 42.6 Å². The lowest BCUT2D eigenvalue weighted by Gasteiger charge is -2.09. The van der Waals surface area contributed by atoms with Crippen LogP contribution in [-0.2, 0) is 13.0 Å². The van der Waals surface area contributed by atoms with Gasteiger partial charge in [-0.05, 0) is 42.8 Å². The molecule has 0 saturated heterocycles. The summed E-state index contributed by atoms with van der Waals surface area (Å²) in [5.41, 5.74) is 2.20. The summed E-state index contributed by atoms with van der Waals surface area (Å²) in [5.74, 6) is 2.55. The summed E-state index contributed by atoms with van der Waals surface area (Å²) in [7, 11) is 5.04. The number of thiazole rings is 1. The number of nitrogens with one attached hydrogen (secondary N) is 1. The molecule has 0 bridgehead atoms. The Morgan fingerprint density at radius 3 is 2.56 bits per heavy atom. The summed E-state index contributed by atoms with van der Waals surface area (Å²) in [6.07, 6.45) is 2.80. The van der Waals surface area contributed by atoms with Crippen LogP contribution in [-0.4, -0.2) is 32.9 Å². The summed E-state index contributed by atoms with van der Waals surface area (Å²) < 4.78 is 16.2. The Bertz CT molecular complexity index is 879. The lowest BCUT2D eigenvalue weighted by atomic mass is 10.1. The highest BCUT2D eigenvalue weighted by atomic mass is 32.1. The van der Waals surface area contributed by atoms with Crippen molar-refractivity contribution in [3.8, 4) is 27.7 Å². The van der Waals surface area contributed by atoms with E-state index in [1.54, 1.807) is 32.7 Å². The van der Waals surface area contributed by atoms with Crippen LogP contribution in [0.25, 0.3) is 10.4 Å². The molecule has 1 aromatic heterocycles. The van der Waals surface area contributed by atoms with Gasteiger partial charge in [-0.3, -0.25) is 0 Å². The van der Waals surface area contributed by atoms with Gasteiger partial charge in [0.2, 0.25) is 0 Å². The molecule has 0 fully saturated rings. The number of methoxy groups -OCH3 is 3. The van der Waals surface area contributed by atoms with E-state index in [-0.39, 0.29) is 0 Å². The van der Waals surface area contributed by atoms with Gasteiger partial charge in [-0.25, -0.2) is 4.98 Å². The van der Waals surface area contributed by atoms with Crippen molar-refractivity contribution in [2.45, 2.75) is 13.0 Å². The first-order valence-electron chi connectivity index (χ1n) is 8.75. The van der Waals surface area contributed by atoms with Gasteiger partial charge >= 0.3 is 0 Å². The highest BCUT2D eigenvalue weighted by Crippen LogP contribution is 2.36. The van der Waals surface area contributed by atoms with Crippen LogP contribution >= 0.6 is 11.3 Å². The summed E-state index contributed by atoms with van der Waals surface area (Å²) in [6, 6.07) is 13.9.